The van der Waals surface area contributed by atoms with Crippen molar-refractivity contribution in [3.63, 3.8) is 0 Å². The van der Waals surface area contributed by atoms with Crippen molar-refractivity contribution in [3.8, 4) is 0 Å². The Morgan fingerprint density at radius 1 is 1.24 bits per heavy atom. The molecule has 1 rings (SSSR count). The molecule has 1 fully saturated rings. The fourth-order valence-electron chi connectivity index (χ4n) is 2.07. The van der Waals surface area contributed by atoms with Gasteiger partial charge in [0, 0.05) is 31.6 Å². The first-order valence-electron chi connectivity index (χ1n) is 6.73. The summed E-state index contributed by atoms with van der Waals surface area (Å²) in [6.45, 7) is 11.7. The summed E-state index contributed by atoms with van der Waals surface area (Å²) in [6.07, 6.45) is 1.95. The lowest BCUT2D eigenvalue weighted by molar-refractivity contribution is -0.142. The molecule has 0 spiro atoms. The Bertz CT molecular complexity index is 245. The van der Waals surface area contributed by atoms with Crippen LogP contribution in [0, 0.1) is 5.41 Å². The average Bonchev–Trinajstić information content (AvgIpc) is 2.36. The van der Waals surface area contributed by atoms with Crippen LogP contribution in [0.5, 0.6) is 0 Å². The highest BCUT2D eigenvalue weighted by Crippen LogP contribution is 2.23. The Hall–Kier alpha value is -0.610. The van der Waals surface area contributed by atoms with Gasteiger partial charge in [-0.3, -0.25) is 9.69 Å². The summed E-state index contributed by atoms with van der Waals surface area (Å²) in [5.74, 6) is 0.304. The fraction of sp³-hybridized carbons (Fsp3) is 0.923. The number of hydrogen-bond donors (Lipinski definition) is 1. The molecule has 2 N–H and O–H groups in total. The van der Waals surface area contributed by atoms with Crippen LogP contribution in [-0.2, 0) is 4.79 Å². The Morgan fingerprint density at radius 3 is 2.29 bits per heavy atom. The second-order valence-corrected chi connectivity index (χ2v) is 5.51. The van der Waals surface area contributed by atoms with Gasteiger partial charge in [-0.2, -0.15) is 0 Å². The van der Waals surface area contributed by atoms with E-state index < -0.39 is 0 Å². The predicted molar refractivity (Wildman–Crippen MR) is 70.8 cm³/mol. The topological polar surface area (TPSA) is 49.6 Å². The monoisotopic (exact) mass is 241 g/mol. The molecule has 1 saturated heterocycles. The van der Waals surface area contributed by atoms with Crippen LogP contribution in [0.2, 0.25) is 0 Å². The van der Waals surface area contributed by atoms with Crippen LogP contribution in [0.15, 0.2) is 0 Å². The van der Waals surface area contributed by atoms with E-state index in [1.165, 1.54) is 0 Å². The molecule has 1 amide bonds. The number of piperazine rings is 1. The van der Waals surface area contributed by atoms with E-state index in [4.69, 9.17) is 5.73 Å². The molecular formula is C13H27N3O. The minimum atomic E-state index is -0.209. The van der Waals surface area contributed by atoms with Crippen LogP contribution in [0.3, 0.4) is 0 Å². The zero-order valence-electron chi connectivity index (χ0n) is 11.5. The molecule has 1 aliphatic heterocycles. The van der Waals surface area contributed by atoms with Crippen molar-refractivity contribution >= 4 is 5.91 Å². The van der Waals surface area contributed by atoms with E-state index in [9.17, 15) is 4.79 Å². The van der Waals surface area contributed by atoms with E-state index in [0.29, 0.717) is 5.91 Å². The van der Waals surface area contributed by atoms with Gasteiger partial charge in [-0.15, -0.1) is 0 Å². The van der Waals surface area contributed by atoms with Crippen molar-refractivity contribution in [2.75, 3.05) is 39.3 Å². The molecule has 17 heavy (non-hydrogen) atoms. The summed E-state index contributed by atoms with van der Waals surface area (Å²) in [6, 6.07) is 0. The van der Waals surface area contributed by atoms with Crippen LogP contribution in [-0.4, -0.2) is 55.0 Å². The van der Waals surface area contributed by atoms with E-state index in [1.807, 2.05) is 18.7 Å². The van der Waals surface area contributed by atoms with Gasteiger partial charge in [0.25, 0.3) is 0 Å². The molecule has 0 radical (unpaired) electrons. The highest BCUT2D eigenvalue weighted by Gasteiger charge is 2.31. The molecule has 100 valence electrons. The second-order valence-electron chi connectivity index (χ2n) is 5.51. The summed E-state index contributed by atoms with van der Waals surface area (Å²) in [5.41, 5.74) is 5.30. The zero-order chi connectivity index (χ0) is 12.9. The molecule has 1 heterocycles. The molecule has 0 aliphatic carbocycles. The Balaban J connectivity index is 2.39. The van der Waals surface area contributed by atoms with Crippen LogP contribution >= 0.6 is 0 Å². The number of nitrogens with two attached hydrogens (primary N) is 1. The standard InChI is InChI=1S/C13H27N3O/c1-4-13(2,3)12(17)16-10-8-15(9-11-16)7-5-6-14/h4-11,14H2,1-3H3. The van der Waals surface area contributed by atoms with Crippen molar-refractivity contribution in [1.82, 2.24) is 9.80 Å². The minimum Gasteiger partial charge on any atom is -0.340 e. The van der Waals surface area contributed by atoms with Gasteiger partial charge in [-0.05, 0) is 25.9 Å². The maximum atomic E-state index is 12.3. The second kappa shape index (κ2) is 6.36. The van der Waals surface area contributed by atoms with Gasteiger partial charge in [0.15, 0.2) is 0 Å². The van der Waals surface area contributed by atoms with Gasteiger partial charge >= 0.3 is 0 Å². The number of rotatable bonds is 5. The number of hydrogen-bond acceptors (Lipinski definition) is 3. The van der Waals surface area contributed by atoms with Crippen LogP contribution in [0.4, 0.5) is 0 Å². The first-order chi connectivity index (χ1) is 8.01. The normalized spacial score (nSPS) is 18.5. The summed E-state index contributed by atoms with van der Waals surface area (Å²) < 4.78 is 0. The number of amides is 1. The van der Waals surface area contributed by atoms with Gasteiger partial charge in [-0.25, -0.2) is 0 Å². The number of carbonyl (C=O) groups excluding carboxylic acids is 1. The highest BCUT2D eigenvalue weighted by molar-refractivity contribution is 5.82. The molecule has 4 heteroatoms. The van der Waals surface area contributed by atoms with Crippen LogP contribution in [0.25, 0.3) is 0 Å². The SMILES string of the molecule is CCC(C)(C)C(=O)N1CCN(CCCN)CC1. The summed E-state index contributed by atoms with van der Waals surface area (Å²) in [4.78, 5) is 16.7. The van der Waals surface area contributed by atoms with E-state index >= 15 is 0 Å². The Kier molecular flexibility index (Phi) is 5.40. The molecule has 0 aromatic rings. The zero-order valence-corrected chi connectivity index (χ0v) is 11.5. The van der Waals surface area contributed by atoms with Crippen molar-refractivity contribution in [2.45, 2.75) is 33.6 Å². The molecular weight excluding hydrogens is 214 g/mol. The van der Waals surface area contributed by atoms with Crippen LogP contribution < -0.4 is 5.73 Å². The van der Waals surface area contributed by atoms with E-state index in [1.54, 1.807) is 0 Å². The third-order valence-corrected chi connectivity index (χ3v) is 3.80. The molecule has 0 unspecified atom stereocenters. The quantitative estimate of drug-likeness (QED) is 0.778. The predicted octanol–water partition coefficient (Wildman–Crippen LogP) is 0.916. The number of carbonyl (C=O) groups is 1. The third-order valence-electron chi connectivity index (χ3n) is 3.80. The molecule has 1 aliphatic rings. The Morgan fingerprint density at radius 2 is 1.82 bits per heavy atom. The third kappa shape index (κ3) is 3.96. The Labute approximate surface area is 105 Å². The molecule has 0 aromatic heterocycles. The fourth-order valence-corrected chi connectivity index (χ4v) is 2.07. The van der Waals surface area contributed by atoms with Crippen LogP contribution in [0.1, 0.15) is 33.6 Å². The van der Waals surface area contributed by atoms with Gasteiger partial charge in [0.05, 0.1) is 0 Å². The highest BCUT2D eigenvalue weighted by atomic mass is 16.2. The summed E-state index contributed by atoms with van der Waals surface area (Å²) in [7, 11) is 0. The van der Waals surface area contributed by atoms with Crippen molar-refractivity contribution in [1.29, 1.82) is 0 Å². The largest absolute Gasteiger partial charge is 0.340 e. The lowest BCUT2D eigenvalue weighted by Gasteiger charge is -2.38. The van der Waals surface area contributed by atoms with E-state index in [2.05, 4.69) is 11.8 Å². The molecule has 0 atom stereocenters. The molecule has 4 nitrogen and oxygen atoms in total. The maximum absolute atomic E-state index is 12.3. The van der Waals surface area contributed by atoms with Crippen molar-refractivity contribution in [3.05, 3.63) is 0 Å². The first kappa shape index (κ1) is 14.5. The van der Waals surface area contributed by atoms with E-state index in [0.717, 1.165) is 52.1 Å². The van der Waals surface area contributed by atoms with Gasteiger partial charge < -0.3 is 10.6 Å². The minimum absolute atomic E-state index is 0.209. The van der Waals surface area contributed by atoms with Crippen molar-refractivity contribution < 1.29 is 4.79 Å². The average molecular weight is 241 g/mol. The van der Waals surface area contributed by atoms with Gasteiger partial charge in [-0.1, -0.05) is 20.8 Å². The molecule has 0 saturated carbocycles. The number of nitrogens with zero attached hydrogens (tertiary/aromatic N) is 2. The van der Waals surface area contributed by atoms with Gasteiger partial charge in [0.1, 0.15) is 0 Å². The summed E-state index contributed by atoms with van der Waals surface area (Å²) >= 11 is 0. The molecule has 0 aromatic carbocycles. The van der Waals surface area contributed by atoms with Gasteiger partial charge in [0.2, 0.25) is 5.91 Å². The molecule has 0 bridgehead atoms. The van der Waals surface area contributed by atoms with Crippen molar-refractivity contribution in [2.24, 2.45) is 11.1 Å². The summed E-state index contributed by atoms with van der Waals surface area (Å²) in [5, 5.41) is 0. The first-order valence-corrected chi connectivity index (χ1v) is 6.73. The lowest BCUT2D eigenvalue weighted by atomic mass is 9.88. The van der Waals surface area contributed by atoms with E-state index in [-0.39, 0.29) is 5.41 Å². The smallest absolute Gasteiger partial charge is 0.228 e. The lowest BCUT2D eigenvalue weighted by Crippen LogP contribution is -2.52. The maximum Gasteiger partial charge on any atom is 0.228 e.